The highest BCUT2D eigenvalue weighted by Crippen LogP contribution is 2.16. The number of hydrogen-bond donors (Lipinski definition) is 0. The van der Waals surface area contributed by atoms with Gasteiger partial charge in [0.1, 0.15) is 11.5 Å². The van der Waals surface area contributed by atoms with Gasteiger partial charge in [-0.25, -0.2) is 0 Å². The Morgan fingerprint density at radius 3 is 2.23 bits per heavy atom. The van der Waals surface area contributed by atoms with Crippen molar-refractivity contribution in [3.8, 4) is 11.5 Å². The van der Waals surface area contributed by atoms with E-state index in [1.54, 1.807) is 7.11 Å². The first kappa shape index (κ1) is 9.90. The van der Waals surface area contributed by atoms with Crippen molar-refractivity contribution in [2.24, 2.45) is 0 Å². The quantitative estimate of drug-likeness (QED) is 0.649. The van der Waals surface area contributed by atoms with Crippen LogP contribution in [-0.4, -0.2) is 13.7 Å². The summed E-state index contributed by atoms with van der Waals surface area (Å²) in [6, 6.07) is 7.66. The van der Waals surface area contributed by atoms with Gasteiger partial charge in [0.05, 0.1) is 13.7 Å². The third-order valence-electron chi connectivity index (χ3n) is 1.83. The lowest BCUT2D eigenvalue weighted by atomic mass is 10.3. The van der Waals surface area contributed by atoms with Gasteiger partial charge in [-0.05, 0) is 30.7 Å². The standard InChI is InChI=1S/C11H16O2/c1-3-4-9-13-11-7-5-10(12-2)6-8-11/h5-8H,3-4,9H2,1-2H3. The van der Waals surface area contributed by atoms with Crippen molar-refractivity contribution in [2.75, 3.05) is 13.7 Å². The van der Waals surface area contributed by atoms with E-state index in [1.165, 1.54) is 0 Å². The molecule has 1 aromatic rings. The molecule has 0 aliphatic rings. The van der Waals surface area contributed by atoms with Crippen LogP contribution in [-0.2, 0) is 0 Å². The number of unbranched alkanes of at least 4 members (excludes halogenated alkanes) is 1. The van der Waals surface area contributed by atoms with E-state index in [4.69, 9.17) is 9.47 Å². The number of methoxy groups -OCH3 is 1. The highest BCUT2D eigenvalue weighted by molar-refractivity contribution is 5.30. The molecule has 0 heterocycles. The zero-order valence-electron chi connectivity index (χ0n) is 8.25. The summed E-state index contributed by atoms with van der Waals surface area (Å²) in [5.74, 6) is 1.78. The lowest BCUT2D eigenvalue weighted by Gasteiger charge is -2.05. The van der Waals surface area contributed by atoms with Crippen molar-refractivity contribution in [3.05, 3.63) is 24.3 Å². The van der Waals surface area contributed by atoms with Crippen LogP contribution in [0.3, 0.4) is 0 Å². The fraction of sp³-hybridized carbons (Fsp3) is 0.455. The average molecular weight is 180 g/mol. The molecular formula is C11H16O2. The molecule has 0 saturated heterocycles. The number of benzene rings is 1. The predicted molar refractivity (Wildman–Crippen MR) is 53.4 cm³/mol. The molecule has 0 aliphatic carbocycles. The van der Waals surface area contributed by atoms with E-state index in [-0.39, 0.29) is 0 Å². The molecule has 2 nitrogen and oxygen atoms in total. The third-order valence-corrected chi connectivity index (χ3v) is 1.83. The Balaban J connectivity index is 2.40. The topological polar surface area (TPSA) is 18.5 Å². The minimum Gasteiger partial charge on any atom is -0.497 e. The summed E-state index contributed by atoms with van der Waals surface area (Å²) in [6.45, 7) is 2.94. The lowest BCUT2D eigenvalue weighted by molar-refractivity contribution is 0.308. The van der Waals surface area contributed by atoms with Crippen LogP contribution in [0.25, 0.3) is 0 Å². The van der Waals surface area contributed by atoms with Crippen LogP contribution in [0.5, 0.6) is 11.5 Å². The summed E-state index contributed by atoms with van der Waals surface area (Å²) >= 11 is 0. The molecule has 0 aliphatic heterocycles. The van der Waals surface area contributed by atoms with E-state index < -0.39 is 0 Å². The normalized spacial score (nSPS) is 9.69. The fourth-order valence-electron chi connectivity index (χ4n) is 1.01. The van der Waals surface area contributed by atoms with Gasteiger partial charge in [-0.1, -0.05) is 13.3 Å². The number of ether oxygens (including phenoxy) is 2. The monoisotopic (exact) mass is 180 g/mol. The van der Waals surface area contributed by atoms with Crippen molar-refractivity contribution >= 4 is 0 Å². The second kappa shape index (κ2) is 5.46. The fourth-order valence-corrected chi connectivity index (χ4v) is 1.01. The van der Waals surface area contributed by atoms with Crippen molar-refractivity contribution in [2.45, 2.75) is 19.8 Å². The minimum absolute atomic E-state index is 0.794. The second-order valence-electron chi connectivity index (χ2n) is 2.88. The number of hydrogen-bond acceptors (Lipinski definition) is 2. The molecule has 0 fully saturated rings. The van der Waals surface area contributed by atoms with Crippen LogP contribution in [0.2, 0.25) is 0 Å². The largest absolute Gasteiger partial charge is 0.497 e. The van der Waals surface area contributed by atoms with Gasteiger partial charge < -0.3 is 9.47 Å². The molecule has 0 radical (unpaired) electrons. The maximum atomic E-state index is 5.49. The highest BCUT2D eigenvalue weighted by Gasteiger charge is 1.93. The maximum Gasteiger partial charge on any atom is 0.119 e. The van der Waals surface area contributed by atoms with Crippen molar-refractivity contribution in [1.29, 1.82) is 0 Å². The molecule has 1 aromatic carbocycles. The van der Waals surface area contributed by atoms with E-state index >= 15 is 0 Å². The molecule has 0 unspecified atom stereocenters. The first-order valence-electron chi connectivity index (χ1n) is 4.63. The Kier molecular flexibility index (Phi) is 4.16. The molecular weight excluding hydrogens is 164 g/mol. The van der Waals surface area contributed by atoms with Gasteiger partial charge in [0.2, 0.25) is 0 Å². The summed E-state index contributed by atoms with van der Waals surface area (Å²) in [7, 11) is 1.66. The Labute approximate surface area is 79.5 Å². The number of rotatable bonds is 5. The van der Waals surface area contributed by atoms with Gasteiger partial charge in [0, 0.05) is 0 Å². The Bertz CT molecular complexity index is 228. The molecule has 0 saturated carbocycles. The van der Waals surface area contributed by atoms with Crippen molar-refractivity contribution in [3.63, 3.8) is 0 Å². The van der Waals surface area contributed by atoms with Gasteiger partial charge >= 0.3 is 0 Å². The second-order valence-corrected chi connectivity index (χ2v) is 2.88. The van der Waals surface area contributed by atoms with Gasteiger partial charge in [-0.3, -0.25) is 0 Å². The van der Waals surface area contributed by atoms with E-state index in [2.05, 4.69) is 6.92 Å². The summed E-state index contributed by atoms with van der Waals surface area (Å²) in [4.78, 5) is 0. The minimum atomic E-state index is 0.794. The molecule has 0 N–H and O–H groups in total. The van der Waals surface area contributed by atoms with Gasteiger partial charge in [-0.15, -0.1) is 0 Å². The van der Waals surface area contributed by atoms with Crippen LogP contribution in [0, 0.1) is 0 Å². The van der Waals surface area contributed by atoms with Gasteiger partial charge in [-0.2, -0.15) is 0 Å². The summed E-state index contributed by atoms with van der Waals surface area (Å²) in [5, 5.41) is 0. The SMILES string of the molecule is CCCCOc1ccc(OC)cc1. The summed E-state index contributed by atoms with van der Waals surface area (Å²) < 4.78 is 10.5. The zero-order valence-corrected chi connectivity index (χ0v) is 8.25. The zero-order chi connectivity index (χ0) is 9.52. The van der Waals surface area contributed by atoms with Crippen LogP contribution in [0.15, 0.2) is 24.3 Å². The molecule has 0 spiro atoms. The molecule has 0 aromatic heterocycles. The van der Waals surface area contributed by atoms with E-state index in [0.29, 0.717) is 0 Å². The molecule has 0 amide bonds. The van der Waals surface area contributed by atoms with E-state index in [0.717, 1.165) is 30.9 Å². The predicted octanol–water partition coefficient (Wildman–Crippen LogP) is 2.87. The van der Waals surface area contributed by atoms with Crippen LogP contribution in [0.1, 0.15) is 19.8 Å². The molecule has 72 valence electrons. The average Bonchev–Trinajstić information content (AvgIpc) is 2.19. The van der Waals surface area contributed by atoms with Crippen molar-refractivity contribution in [1.82, 2.24) is 0 Å². The smallest absolute Gasteiger partial charge is 0.119 e. The van der Waals surface area contributed by atoms with Crippen LogP contribution >= 0.6 is 0 Å². The molecule has 0 atom stereocenters. The molecule has 13 heavy (non-hydrogen) atoms. The third kappa shape index (κ3) is 3.36. The van der Waals surface area contributed by atoms with E-state index in [9.17, 15) is 0 Å². The van der Waals surface area contributed by atoms with Gasteiger partial charge in [0.15, 0.2) is 0 Å². The lowest BCUT2D eigenvalue weighted by Crippen LogP contribution is -1.95. The molecule has 0 bridgehead atoms. The molecule has 2 heteroatoms. The summed E-state index contributed by atoms with van der Waals surface area (Å²) in [5.41, 5.74) is 0. The van der Waals surface area contributed by atoms with E-state index in [1.807, 2.05) is 24.3 Å². The first-order valence-corrected chi connectivity index (χ1v) is 4.63. The van der Waals surface area contributed by atoms with Gasteiger partial charge in [0.25, 0.3) is 0 Å². The van der Waals surface area contributed by atoms with Crippen LogP contribution in [0.4, 0.5) is 0 Å². The maximum absolute atomic E-state index is 5.49. The van der Waals surface area contributed by atoms with Crippen molar-refractivity contribution < 1.29 is 9.47 Å². The summed E-state index contributed by atoms with van der Waals surface area (Å²) in [6.07, 6.45) is 2.27. The Morgan fingerprint density at radius 2 is 1.69 bits per heavy atom. The van der Waals surface area contributed by atoms with Crippen LogP contribution < -0.4 is 9.47 Å². The Hall–Kier alpha value is -1.18. The molecule has 1 rings (SSSR count). The highest BCUT2D eigenvalue weighted by atomic mass is 16.5. The Morgan fingerprint density at radius 1 is 1.08 bits per heavy atom. The first-order chi connectivity index (χ1) is 6.36.